The summed E-state index contributed by atoms with van der Waals surface area (Å²) in [5.74, 6) is 0. The van der Waals surface area contributed by atoms with Crippen molar-refractivity contribution in [2.24, 2.45) is 0 Å². The molecule has 0 aromatic carbocycles. The molecule has 0 saturated carbocycles. The second kappa shape index (κ2) is 4.95. The molecule has 1 atom stereocenters. The predicted octanol–water partition coefficient (Wildman–Crippen LogP) is 1.59. The molecule has 0 aliphatic rings. The first kappa shape index (κ1) is 7.80. The highest BCUT2D eigenvalue weighted by Crippen LogP contribution is 2.08. The minimum atomic E-state index is -0.197. The van der Waals surface area contributed by atoms with Gasteiger partial charge in [-0.15, -0.1) is 0 Å². The molecular weight excluding hydrogens is 147 g/mol. The van der Waals surface area contributed by atoms with Crippen LogP contribution in [0.5, 0.6) is 0 Å². The Balaban J connectivity index is 2.81. The van der Waals surface area contributed by atoms with Gasteiger partial charge >= 0.3 is 8.46 Å². The first-order chi connectivity index (χ1) is 3.27. The summed E-state index contributed by atoms with van der Waals surface area (Å²) in [6.45, 7) is 0. The van der Waals surface area contributed by atoms with Crippen LogP contribution in [0.3, 0.4) is 0 Å². The Hall–Kier alpha value is 0.800. The second-order valence-corrected chi connectivity index (χ2v) is 3.61. The van der Waals surface area contributed by atoms with E-state index in [1.807, 2.05) is 0 Å². The third-order valence-electron chi connectivity index (χ3n) is 0.505. The fraction of sp³-hybridized carbons (Fsp3) is 1.00. The van der Waals surface area contributed by atoms with Crippen LogP contribution in [0.4, 0.5) is 0 Å². The molecule has 0 aliphatic carbocycles. The van der Waals surface area contributed by atoms with Gasteiger partial charge in [0, 0.05) is 11.0 Å². The molecule has 0 heterocycles. The molecule has 1 unspecified atom stereocenters. The number of hydrogen-bond acceptors (Lipinski definition) is 3. The maximum Gasteiger partial charge on any atom is 0.324 e. The molecule has 0 saturated heterocycles. The molecule has 0 radical (unpaired) electrons. The highest BCUT2D eigenvalue weighted by atomic mass is 32.2. The van der Waals surface area contributed by atoms with Crippen LogP contribution in [-0.2, 0) is 4.57 Å². The van der Waals surface area contributed by atoms with E-state index in [0.717, 1.165) is 12.6 Å². The van der Waals surface area contributed by atoms with E-state index in [0.29, 0.717) is 0 Å². The maximum absolute atomic E-state index is 9.79. The second-order valence-electron chi connectivity index (χ2n) is 1.16. The van der Waals surface area contributed by atoms with Crippen molar-refractivity contribution < 1.29 is 4.57 Å². The van der Waals surface area contributed by atoms with Gasteiger partial charge in [-0.05, 0) is 0 Å². The van der Waals surface area contributed by atoms with Gasteiger partial charge in [-0.1, -0.05) is 4.57 Å². The molecule has 1 nitrogen and oxygen atoms in total. The van der Waals surface area contributed by atoms with Gasteiger partial charge in [-0.25, -0.2) is 0 Å². The first-order valence-electron chi connectivity index (χ1n) is 1.98. The van der Waals surface area contributed by atoms with Crippen LogP contribution in [0.2, 0.25) is 0 Å². The zero-order chi connectivity index (χ0) is 5.70. The number of thiol groups is 2. The van der Waals surface area contributed by atoms with Gasteiger partial charge in [0.25, 0.3) is 0 Å². The van der Waals surface area contributed by atoms with E-state index < -0.39 is 0 Å². The lowest BCUT2D eigenvalue weighted by atomic mass is 10.6. The van der Waals surface area contributed by atoms with E-state index in [4.69, 9.17) is 0 Å². The fourth-order valence-corrected chi connectivity index (χ4v) is 1.34. The summed E-state index contributed by atoms with van der Waals surface area (Å²) < 4.78 is 9.89. The van der Waals surface area contributed by atoms with Gasteiger partial charge in [0.05, 0.1) is 0 Å². The average Bonchev–Trinajstić information content (AvgIpc) is 1.61. The summed E-state index contributed by atoms with van der Waals surface area (Å²) in [6.07, 6.45) is 1.55. The molecule has 0 amide bonds. The van der Waals surface area contributed by atoms with E-state index >= 15 is 0 Å². The van der Waals surface area contributed by atoms with Crippen molar-refractivity contribution in [3.05, 3.63) is 0 Å². The van der Waals surface area contributed by atoms with E-state index in [2.05, 4.69) is 25.3 Å². The van der Waals surface area contributed by atoms with E-state index in [1.165, 1.54) is 0 Å². The Bertz CT molecular complexity index is 56.9. The minimum absolute atomic E-state index is 0.0986. The lowest BCUT2D eigenvalue weighted by Crippen LogP contribution is -1.85. The van der Waals surface area contributed by atoms with Gasteiger partial charge < -0.3 is 0 Å². The smallest absolute Gasteiger partial charge is 0.165 e. The molecular formula is C3H8OPS2+. The van der Waals surface area contributed by atoms with Crippen molar-refractivity contribution in [2.45, 2.75) is 11.0 Å². The van der Waals surface area contributed by atoms with Crippen molar-refractivity contribution >= 4 is 33.7 Å². The van der Waals surface area contributed by atoms with E-state index in [1.54, 1.807) is 0 Å². The van der Waals surface area contributed by atoms with Gasteiger partial charge in [0.1, 0.15) is 6.16 Å². The summed E-state index contributed by atoms with van der Waals surface area (Å²) in [7, 11) is -0.197. The highest BCUT2D eigenvalue weighted by Gasteiger charge is 1.96. The average molecular weight is 155 g/mol. The van der Waals surface area contributed by atoms with Crippen LogP contribution in [0.1, 0.15) is 6.42 Å². The Morgan fingerprint density at radius 2 is 2.14 bits per heavy atom. The van der Waals surface area contributed by atoms with Gasteiger partial charge in [0.15, 0.2) is 0 Å². The topological polar surface area (TPSA) is 17.1 Å². The highest BCUT2D eigenvalue weighted by molar-refractivity contribution is 7.99. The van der Waals surface area contributed by atoms with Gasteiger partial charge in [0.2, 0.25) is 0 Å². The molecule has 0 fully saturated rings. The normalized spacial score (nSPS) is 10.7. The molecule has 0 spiro atoms. The first-order valence-corrected chi connectivity index (χ1v) is 4.13. The summed E-state index contributed by atoms with van der Waals surface area (Å²) in [5.41, 5.74) is 0. The number of rotatable bonds is 3. The van der Waals surface area contributed by atoms with Crippen molar-refractivity contribution in [3.63, 3.8) is 0 Å². The van der Waals surface area contributed by atoms with Crippen molar-refractivity contribution in [1.29, 1.82) is 0 Å². The van der Waals surface area contributed by atoms with Crippen LogP contribution in [-0.4, -0.2) is 10.7 Å². The molecule has 0 N–H and O–H groups in total. The van der Waals surface area contributed by atoms with Crippen LogP contribution < -0.4 is 0 Å². The molecule has 0 bridgehead atoms. The molecule has 0 aromatic heterocycles. The van der Waals surface area contributed by atoms with Crippen LogP contribution in [0, 0.1) is 0 Å². The van der Waals surface area contributed by atoms with Gasteiger partial charge in [-0.3, -0.25) is 0 Å². The van der Waals surface area contributed by atoms with Crippen LogP contribution >= 0.6 is 33.7 Å². The quantitative estimate of drug-likeness (QED) is 0.359. The summed E-state index contributed by atoms with van der Waals surface area (Å²) in [5, 5.41) is 0. The van der Waals surface area contributed by atoms with Crippen molar-refractivity contribution in [2.75, 3.05) is 6.16 Å². The minimum Gasteiger partial charge on any atom is -0.165 e. The third kappa shape index (κ3) is 6.80. The molecule has 0 aliphatic heterocycles. The van der Waals surface area contributed by atoms with Crippen molar-refractivity contribution in [1.82, 2.24) is 0 Å². The Kier molecular flexibility index (Phi) is 5.51. The molecule has 7 heavy (non-hydrogen) atoms. The van der Waals surface area contributed by atoms with Gasteiger partial charge in [-0.2, -0.15) is 25.3 Å². The van der Waals surface area contributed by atoms with Crippen LogP contribution in [0.15, 0.2) is 0 Å². The standard InChI is InChI=1S/C3H7OPS2/c4-5-2-1-3(6)7/h3,6-7H,1-2H2/p+1. The summed E-state index contributed by atoms with van der Waals surface area (Å²) in [4.78, 5) is 0. The Labute approximate surface area is 55.9 Å². The summed E-state index contributed by atoms with van der Waals surface area (Å²) >= 11 is 7.92. The number of hydrogen-bond donors (Lipinski definition) is 2. The zero-order valence-corrected chi connectivity index (χ0v) is 6.58. The van der Waals surface area contributed by atoms with Crippen LogP contribution in [0.25, 0.3) is 0 Å². The SMILES string of the molecule is O=[PH+]CCC(S)S. The lowest BCUT2D eigenvalue weighted by molar-refractivity contribution is 0.598. The summed E-state index contributed by atoms with van der Waals surface area (Å²) in [6, 6.07) is 0. The third-order valence-corrected chi connectivity index (χ3v) is 1.51. The molecule has 0 rings (SSSR count). The van der Waals surface area contributed by atoms with E-state index in [-0.39, 0.29) is 13.0 Å². The van der Waals surface area contributed by atoms with E-state index in [9.17, 15) is 4.57 Å². The largest absolute Gasteiger partial charge is 0.324 e. The fourth-order valence-electron chi connectivity index (χ4n) is 0.188. The van der Waals surface area contributed by atoms with Crippen molar-refractivity contribution in [3.8, 4) is 0 Å². The maximum atomic E-state index is 9.79. The lowest BCUT2D eigenvalue weighted by Gasteiger charge is -1.90. The Morgan fingerprint density at radius 1 is 1.57 bits per heavy atom. The molecule has 42 valence electrons. The monoisotopic (exact) mass is 155 g/mol. The molecule has 0 aromatic rings. The predicted molar refractivity (Wildman–Crippen MR) is 40.2 cm³/mol. The molecule has 4 heteroatoms. The Morgan fingerprint density at radius 3 is 2.29 bits per heavy atom. The zero-order valence-electron chi connectivity index (χ0n) is 3.79.